The molecule has 0 saturated carbocycles. The van der Waals surface area contributed by atoms with Crippen LogP contribution in [0.15, 0.2) is 0 Å². The minimum absolute atomic E-state index is 0.161. The minimum atomic E-state index is -0.371. The first kappa shape index (κ1) is 12.0. The van der Waals surface area contributed by atoms with Gasteiger partial charge in [0.1, 0.15) is 4.84 Å². The Bertz CT molecular complexity index is 126. The Kier molecular flexibility index (Phi) is 7.72. The van der Waals surface area contributed by atoms with Gasteiger partial charge in [0.2, 0.25) is 0 Å². The van der Waals surface area contributed by atoms with E-state index in [9.17, 15) is 4.79 Å². The molecule has 0 fully saturated rings. The number of alkyl halides is 2. The first-order valence-electron chi connectivity index (χ1n) is 4.10. The van der Waals surface area contributed by atoms with Crippen LogP contribution in [0.2, 0.25) is 0 Å². The van der Waals surface area contributed by atoms with Gasteiger partial charge in [-0.05, 0) is 19.3 Å². The molecule has 12 heavy (non-hydrogen) atoms. The molecule has 4 heteroatoms. The van der Waals surface area contributed by atoms with Crippen molar-refractivity contribution in [2.75, 3.05) is 6.61 Å². The Morgan fingerprint density at radius 1 is 1.50 bits per heavy atom. The number of hydrogen-bond donors (Lipinski definition) is 0. The van der Waals surface area contributed by atoms with Crippen molar-refractivity contribution in [2.24, 2.45) is 0 Å². The molecular formula is C8H14Cl2O2. The summed E-state index contributed by atoms with van der Waals surface area (Å²) in [7, 11) is 0. The van der Waals surface area contributed by atoms with Crippen LogP contribution in [0.5, 0.6) is 0 Å². The van der Waals surface area contributed by atoms with E-state index in [0.29, 0.717) is 25.9 Å². The van der Waals surface area contributed by atoms with Gasteiger partial charge in [-0.3, -0.25) is 4.79 Å². The molecule has 0 atom stereocenters. The van der Waals surface area contributed by atoms with Gasteiger partial charge in [0, 0.05) is 6.42 Å². The maximum atomic E-state index is 10.9. The van der Waals surface area contributed by atoms with E-state index in [2.05, 4.69) is 0 Å². The molecule has 0 aliphatic heterocycles. The number of rotatable bonds is 6. The van der Waals surface area contributed by atoms with Gasteiger partial charge in [-0.25, -0.2) is 0 Å². The number of esters is 1. The maximum absolute atomic E-state index is 10.9. The van der Waals surface area contributed by atoms with E-state index in [1.54, 1.807) is 0 Å². The predicted molar refractivity (Wildman–Crippen MR) is 50.6 cm³/mol. The van der Waals surface area contributed by atoms with Crippen molar-refractivity contribution in [1.29, 1.82) is 0 Å². The second kappa shape index (κ2) is 7.69. The zero-order chi connectivity index (χ0) is 9.40. The summed E-state index contributed by atoms with van der Waals surface area (Å²) in [5, 5.41) is 0. The summed E-state index contributed by atoms with van der Waals surface area (Å²) in [6, 6.07) is 0. The fourth-order valence-corrected chi connectivity index (χ4v) is 0.997. The van der Waals surface area contributed by atoms with E-state index in [1.165, 1.54) is 0 Å². The lowest BCUT2D eigenvalue weighted by molar-refractivity contribution is -0.143. The molecular weight excluding hydrogens is 199 g/mol. The van der Waals surface area contributed by atoms with Gasteiger partial charge in [0.05, 0.1) is 6.61 Å². The Labute approximate surface area is 83.2 Å². The summed E-state index contributed by atoms with van der Waals surface area (Å²) >= 11 is 11.0. The molecule has 0 heterocycles. The van der Waals surface area contributed by atoms with Crippen molar-refractivity contribution >= 4 is 29.2 Å². The Morgan fingerprint density at radius 2 is 2.17 bits per heavy atom. The minimum Gasteiger partial charge on any atom is -0.466 e. The van der Waals surface area contributed by atoms with Gasteiger partial charge in [-0.2, -0.15) is 0 Å². The lowest BCUT2D eigenvalue weighted by Crippen LogP contribution is -2.05. The van der Waals surface area contributed by atoms with Crippen molar-refractivity contribution in [1.82, 2.24) is 0 Å². The van der Waals surface area contributed by atoms with Crippen LogP contribution in [0, 0.1) is 0 Å². The van der Waals surface area contributed by atoms with Crippen LogP contribution in [0.3, 0.4) is 0 Å². The van der Waals surface area contributed by atoms with Crippen LogP contribution in [0.4, 0.5) is 0 Å². The molecule has 0 bridgehead atoms. The predicted octanol–water partition coefficient (Wildman–Crippen LogP) is 2.91. The summed E-state index contributed by atoms with van der Waals surface area (Å²) in [4.78, 5) is 10.5. The highest BCUT2D eigenvalue weighted by atomic mass is 35.5. The molecule has 2 nitrogen and oxygen atoms in total. The van der Waals surface area contributed by atoms with Gasteiger partial charge in [-0.1, -0.05) is 6.92 Å². The van der Waals surface area contributed by atoms with Crippen LogP contribution in [0.25, 0.3) is 0 Å². The number of ether oxygens (including phenoxy) is 1. The summed E-state index contributed by atoms with van der Waals surface area (Å²) in [6.45, 7) is 2.46. The Morgan fingerprint density at radius 3 is 2.67 bits per heavy atom. The molecule has 72 valence electrons. The third-order valence-corrected chi connectivity index (χ3v) is 1.71. The van der Waals surface area contributed by atoms with Crippen molar-refractivity contribution in [3.05, 3.63) is 0 Å². The summed E-state index contributed by atoms with van der Waals surface area (Å²) in [5.41, 5.74) is 0. The van der Waals surface area contributed by atoms with E-state index in [4.69, 9.17) is 27.9 Å². The first-order valence-corrected chi connectivity index (χ1v) is 4.98. The van der Waals surface area contributed by atoms with Gasteiger partial charge in [-0.15, -0.1) is 23.2 Å². The summed E-state index contributed by atoms with van der Waals surface area (Å²) < 4.78 is 4.85. The van der Waals surface area contributed by atoms with Crippen molar-refractivity contribution in [2.45, 2.75) is 37.4 Å². The van der Waals surface area contributed by atoms with Crippen LogP contribution in [-0.2, 0) is 9.53 Å². The normalized spacial score (nSPS) is 10.3. The largest absolute Gasteiger partial charge is 0.466 e. The van der Waals surface area contributed by atoms with Crippen LogP contribution in [-0.4, -0.2) is 17.4 Å². The standard InChI is InChI=1S/C8H14Cl2O2/c1-2-6-12-8(11)5-3-4-7(9)10/h7H,2-6H2,1H3. The molecule has 0 N–H and O–H groups in total. The molecule has 0 aromatic heterocycles. The molecule has 0 aromatic carbocycles. The third kappa shape index (κ3) is 8.15. The molecule has 0 unspecified atom stereocenters. The van der Waals surface area contributed by atoms with E-state index in [1.807, 2.05) is 6.92 Å². The number of hydrogen-bond acceptors (Lipinski definition) is 2. The van der Waals surface area contributed by atoms with E-state index in [-0.39, 0.29) is 10.8 Å². The lowest BCUT2D eigenvalue weighted by Gasteiger charge is -2.02. The van der Waals surface area contributed by atoms with Crippen LogP contribution in [0.1, 0.15) is 32.6 Å². The van der Waals surface area contributed by atoms with Crippen molar-refractivity contribution in [3.8, 4) is 0 Å². The molecule has 0 saturated heterocycles. The monoisotopic (exact) mass is 212 g/mol. The van der Waals surface area contributed by atoms with E-state index >= 15 is 0 Å². The van der Waals surface area contributed by atoms with Gasteiger partial charge in [0.15, 0.2) is 0 Å². The highest BCUT2D eigenvalue weighted by Crippen LogP contribution is 2.11. The first-order chi connectivity index (χ1) is 5.66. The quantitative estimate of drug-likeness (QED) is 0.500. The topological polar surface area (TPSA) is 26.3 Å². The zero-order valence-corrected chi connectivity index (χ0v) is 8.70. The van der Waals surface area contributed by atoms with Crippen molar-refractivity contribution in [3.63, 3.8) is 0 Å². The highest BCUT2D eigenvalue weighted by molar-refractivity contribution is 6.44. The number of carbonyl (C=O) groups excluding carboxylic acids is 1. The molecule has 0 rings (SSSR count). The maximum Gasteiger partial charge on any atom is 0.305 e. The van der Waals surface area contributed by atoms with Crippen LogP contribution >= 0.6 is 23.2 Å². The Hall–Kier alpha value is 0.0500. The molecule has 0 spiro atoms. The highest BCUT2D eigenvalue weighted by Gasteiger charge is 2.04. The number of carbonyl (C=O) groups is 1. The van der Waals surface area contributed by atoms with E-state index in [0.717, 1.165) is 6.42 Å². The zero-order valence-electron chi connectivity index (χ0n) is 7.19. The van der Waals surface area contributed by atoms with Gasteiger partial charge >= 0.3 is 5.97 Å². The summed E-state index contributed by atoms with van der Waals surface area (Å²) in [5.74, 6) is -0.161. The molecule has 0 amide bonds. The van der Waals surface area contributed by atoms with Crippen LogP contribution < -0.4 is 0 Å². The van der Waals surface area contributed by atoms with Crippen molar-refractivity contribution < 1.29 is 9.53 Å². The van der Waals surface area contributed by atoms with Gasteiger partial charge in [0.25, 0.3) is 0 Å². The SMILES string of the molecule is CCCOC(=O)CCCC(Cl)Cl. The molecule has 0 aromatic rings. The lowest BCUT2D eigenvalue weighted by atomic mass is 10.2. The average molecular weight is 213 g/mol. The van der Waals surface area contributed by atoms with E-state index < -0.39 is 0 Å². The second-order valence-electron chi connectivity index (χ2n) is 2.50. The fourth-order valence-electron chi connectivity index (χ4n) is 0.689. The van der Waals surface area contributed by atoms with Gasteiger partial charge < -0.3 is 4.74 Å². The molecule has 0 radical (unpaired) electrons. The Balaban J connectivity index is 3.20. The molecule has 0 aliphatic rings. The summed E-state index contributed by atoms with van der Waals surface area (Å²) in [6.07, 6.45) is 2.61. The fraction of sp³-hybridized carbons (Fsp3) is 0.875. The molecule has 0 aliphatic carbocycles. The third-order valence-electron chi connectivity index (χ3n) is 1.27. The smallest absolute Gasteiger partial charge is 0.305 e. The average Bonchev–Trinajstić information content (AvgIpc) is 2.00. The number of halogens is 2. The second-order valence-corrected chi connectivity index (χ2v) is 3.78.